The SMILES string of the molecule is O=c1c2ccccc2sc2ccc3nc(NCCN4CCCCC4)cn3c12. The van der Waals surface area contributed by atoms with E-state index in [1.165, 1.54) is 32.4 Å². The molecule has 1 saturated heterocycles. The predicted molar refractivity (Wildman–Crippen MR) is 113 cm³/mol. The number of hydrogen-bond acceptors (Lipinski definition) is 5. The second-order valence-corrected chi connectivity index (χ2v) is 8.24. The van der Waals surface area contributed by atoms with Gasteiger partial charge in [-0.1, -0.05) is 18.6 Å². The van der Waals surface area contributed by atoms with Crippen LogP contribution in [0, 0.1) is 0 Å². The van der Waals surface area contributed by atoms with Crippen molar-refractivity contribution < 1.29 is 0 Å². The first-order valence-electron chi connectivity index (χ1n) is 9.59. The van der Waals surface area contributed by atoms with E-state index in [9.17, 15) is 4.79 Å². The number of anilines is 1. The average molecular weight is 379 g/mol. The molecule has 1 aliphatic rings. The Balaban J connectivity index is 1.48. The molecular weight excluding hydrogens is 356 g/mol. The van der Waals surface area contributed by atoms with Gasteiger partial charge in [0.25, 0.3) is 0 Å². The molecule has 1 fully saturated rings. The fourth-order valence-electron chi connectivity index (χ4n) is 3.94. The van der Waals surface area contributed by atoms with E-state index in [0.29, 0.717) is 5.52 Å². The Kier molecular flexibility index (Phi) is 4.30. The number of hydrogen-bond donors (Lipinski definition) is 1. The van der Waals surface area contributed by atoms with Gasteiger partial charge in [-0.15, -0.1) is 11.3 Å². The van der Waals surface area contributed by atoms with Gasteiger partial charge in [0, 0.05) is 23.2 Å². The van der Waals surface area contributed by atoms with Crippen LogP contribution in [0.1, 0.15) is 19.3 Å². The second kappa shape index (κ2) is 6.94. The van der Waals surface area contributed by atoms with Gasteiger partial charge >= 0.3 is 0 Å². The highest BCUT2D eigenvalue weighted by Crippen LogP contribution is 2.26. The summed E-state index contributed by atoms with van der Waals surface area (Å²) in [6.07, 6.45) is 5.93. The topological polar surface area (TPSA) is 49.6 Å². The van der Waals surface area contributed by atoms with Crippen molar-refractivity contribution in [1.82, 2.24) is 14.3 Å². The summed E-state index contributed by atoms with van der Waals surface area (Å²) in [5, 5.41) is 4.20. The Labute approximate surface area is 161 Å². The molecule has 0 radical (unpaired) electrons. The molecule has 3 aromatic heterocycles. The lowest BCUT2D eigenvalue weighted by Gasteiger charge is -2.26. The summed E-state index contributed by atoms with van der Waals surface area (Å²) in [7, 11) is 0. The lowest BCUT2D eigenvalue weighted by molar-refractivity contribution is 0.237. The normalized spacial score (nSPS) is 15.7. The van der Waals surface area contributed by atoms with E-state index in [-0.39, 0.29) is 5.43 Å². The van der Waals surface area contributed by atoms with Crippen LogP contribution in [0.25, 0.3) is 25.9 Å². The van der Waals surface area contributed by atoms with E-state index in [1.807, 2.05) is 47.0 Å². The Morgan fingerprint density at radius 1 is 1.04 bits per heavy atom. The molecule has 27 heavy (non-hydrogen) atoms. The van der Waals surface area contributed by atoms with Crippen molar-refractivity contribution in [2.24, 2.45) is 0 Å². The highest BCUT2D eigenvalue weighted by molar-refractivity contribution is 7.24. The van der Waals surface area contributed by atoms with Crippen LogP contribution < -0.4 is 10.7 Å². The van der Waals surface area contributed by atoms with Gasteiger partial charge in [-0.3, -0.25) is 9.20 Å². The lowest BCUT2D eigenvalue weighted by atomic mass is 10.1. The van der Waals surface area contributed by atoms with Crippen molar-refractivity contribution >= 4 is 43.1 Å². The molecule has 1 aromatic carbocycles. The van der Waals surface area contributed by atoms with Crippen LogP contribution in [-0.4, -0.2) is 40.5 Å². The average Bonchev–Trinajstić information content (AvgIpc) is 3.12. The van der Waals surface area contributed by atoms with Gasteiger partial charge in [0.1, 0.15) is 17.0 Å². The predicted octanol–water partition coefficient (Wildman–Crippen LogP) is 3.96. The third-order valence-electron chi connectivity index (χ3n) is 5.34. The molecule has 0 spiro atoms. The third kappa shape index (κ3) is 3.09. The second-order valence-electron chi connectivity index (χ2n) is 7.16. The highest BCUT2D eigenvalue weighted by atomic mass is 32.1. The monoisotopic (exact) mass is 378 g/mol. The number of fused-ring (bicyclic) bond motifs is 4. The Morgan fingerprint density at radius 3 is 2.78 bits per heavy atom. The van der Waals surface area contributed by atoms with Crippen LogP contribution in [0.3, 0.4) is 0 Å². The first-order valence-corrected chi connectivity index (χ1v) is 10.4. The van der Waals surface area contributed by atoms with Crippen LogP contribution >= 0.6 is 11.3 Å². The zero-order chi connectivity index (χ0) is 18.2. The molecule has 0 unspecified atom stereocenters. The molecule has 1 N–H and O–H groups in total. The molecule has 4 heterocycles. The fourth-order valence-corrected chi connectivity index (χ4v) is 5.02. The standard InChI is InChI=1S/C21H22N4OS/c26-21-15-6-2-3-7-16(15)27-17-8-9-19-23-18(14-25(19)20(17)21)22-10-13-24-11-4-1-5-12-24/h2-3,6-9,14,22H,1,4-5,10-13H2. The van der Waals surface area contributed by atoms with Crippen molar-refractivity contribution in [3.8, 4) is 0 Å². The van der Waals surface area contributed by atoms with Gasteiger partial charge in [-0.2, -0.15) is 0 Å². The molecule has 6 heteroatoms. The van der Waals surface area contributed by atoms with Gasteiger partial charge in [-0.25, -0.2) is 4.98 Å². The van der Waals surface area contributed by atoms with E-state index in [1.54, 1.807) is 11.3 Å². The van der Waals surface area contributed by atoms with Crippen molar-refractivity contribution in [2.75, 3.05) is 31.5 Å². The molecular formula is C21H22N4OS. The largest absolute Gasteiger partial charge is 0.367 e. The number of pyridine rings is 1. The van der Waals surface area contributed by atoms with Gasteiger partial charge in [0.15, 0.2) is 0 Å². The maximum atomic E-state index is 13.1. The number of nitrogens with zero attached hydrogens (tertiary/aromatic N) is 3. The number of aromatic nitrogens is 2. The Morgan fingerprint density at radius 2 is 1.89 bits per heavy atom. The van der Waals surface area contributed by atoms with Gasteiger partial charge < -0.3 is 10.2 Å². The molecule has 0 amide bonds. The van der Waals surface area contributed by atoms with Crippen LogP contribution in [-0.2, 0) is 0 Å². The smallest absolute Gasteiger partial charge is 0.212 e. The fraction of sp³-hybridized carbons (Fsp3) is 0.333. The summed E-state index contributed by atoms with van der Waals surface area (Å²) in [6.45, 7) is 4.31. The number of likely N-dealkylation sites (tertiary alicyclic amines) is 1. The quantitative estimate of drug-likeness (QED) is 0.546. The maximum absolute atomic E-state index is 13.1. The number of piperidine rings is 1. The number of imidazole rings is 1. The molecule has 5 rings (SSSR count). The van der Waals surface area contributed by atoms with Crippen molar-refractivity contribution in [3.63, 3.8) is 0 Å². The molecule has 1 aliphatic heterocycles. The van der Waals surface area contributed by atoms with Crippen LogP contribution in [0.5, 0.6) is 0 Å². The number of rotatable bonds is 4. The van der Waals surface area contributed by atoms with Gasteiger partial charge in [-0.05, 0) is 50.2 Å². The minimum absolute atomic E-state index is 0.0715. The minimum Gasteiger partial charge on any atom is -0.367 e. The number of nitrogens with one attached hydrogen (secondary N) is 1. The van der Waals surface area contributed by atoms with Crippen LogP contribution in [0.2, 0.25) is 0 Å². The zero-order valence-electron chi connectivity index (χ0n) is 15.1. The maximum Gasteiger partial charge on any atom is 0.212 e. The highest BCUT2D eigenvalue weighted by Gasteiger charge is 2.12. The summed E-state index contributed by atoms with van der Waals surface area (Å²) in [4.78, 5) is 20.2. The van der Waals surface area contributed by atoms with Gasteiger partial charge in [0.2, 0.25) is 5.43 Å². The number of benzene rings is 1. The van der Waals surface area contributed by atoms with E-state index >= 15 is 0 Å². The minimum atomic E-state index is 0.0715. The van der Waals surface area contributed by atoms with E-state index in [4.69, 9.17) is 0 Å². The molecule has 0 saturated carbocycles. The Hall–Kier alpha value is -2.44. The molecule has 138 valence electrons. The summed E-state index contributed by atoms with van der Waals surface area (Å²) in [6, 6.07) is 11.8. The Bertz CT molecular complexity index is 1170. The summed E-state index contributed by atoms with van der Waals surface area (Å²) < 4.78 is 3.95. The van der Waals surface area contributed by atoms with E-state index in [0.717, 1.165) is 39.3 Å². The van der Waals surface area contributed by atoms with Crippen molar-refractivity contribution in [2.45, 2.75) is 19.3 Å². The first-order chi connectivity index (χ1) is 13.3. The molecule has 4 aromatic rings. The molecule has 5 nitrogen and oxygen atoms in total. The first kappa shape index (κ1) is 16.7. The van der Waals surface area contributed by atoms with Gasteiger partial charge in [0.05, 0.1) is 10.9 Å². The molecule has 0 atom stereocenters. The molecule has 0 aliphatic carbocycles. The van der Waals surface area contributed by atoms with E-state index < -0.39 is 0 Å². The van der Waals surface area contributed by atoms with E-state index in [2.05, 4.69) is 15.2 Å². The molecule has 0 bridgehead atoms. The van der Waals surface area contributed by atoms with Crippen LogP contribution in [0.4, 0.5) is 5.82 Å². The lowest BCUT2D eigenvalue weighted by Crippen LogP contribution is -2.33. The zero-order valence-corrected chi connectivity index (χ0v) is 16.0. The summed E-state index contributed by atoms with van der Waals surface area (Å²) in [5.74, 6) is 0.831. The third-order valence-corrected chi connectivity index (χ3v) is 6.47. The summed E-state index contributed by atoms with van der Waals surface area (Å²) in [5.41, 5.74) is 1.59. The van der Waals surface area contributed by atoms with Crippen molar-refractivity contribution in [3.05, 3.63) is 52.8 Å². The van der Waals surface area contributed by atoms with Crippen LogP contribution in [0.15, 0.2) is 47.4 Å². The van der Waals surface area contributed by atoms with Crippen molar-refractivity contribution in [1.29, 1.82) is 0 Å². The summed E-state index contributed by atoms with van der Waals surface area (Å²) >= 11 is 1.65.